The Morgan fingerprint density at radius 2 is 1.09 bits per heavy atom. The number of aromatic amines is 3. The van der Waals surface area contributed by atoms with Crippen molar-refractivity contribution in [3.05, 3.63) is 162 Å². The van der Waals surface area contributed by atoms with E-state index in [9.17, 15) is 9.59 Å². The van der Waals surface area contributed by atoms with E-state index in [1.165, 1.54) is 16.1 Å². The molecule has 6 amide bonds. The molecule has 9 N–H and O–H groups in total. The van der Waals surface area contributed by atoms with Crippen LogP contribution in [-0.2, 0) is 67.4 Å². The van der Waals surface area contributed by atoms with E-state index in [2.05, 4.69) is 41.2 Å². The molecule has 4 aromatic carbocycles. The molecule has 7 atom stereocenters. The lowest BCUT2D eigenvalue weighted by molar-refractivity contribution is -0.150. The molecule has 17 nitrogen and oxygen atoms in total. The van der Waals surface area contributed by atoms with Crippen LogP contribution in [0.5, 0.6) is 0 Å². The molecule has 352 valence electrons. The van der Waals surface area contributed by atoms with Crippen LogP contribution in [0, 0.1) is 0 Å². The van der Waals surface area contributed by atoms with Crippen LogP contribution in [0.1, 0.15) is 39.9 Å². The van der Waals surface area contributed by atoms with Crippen molar-refractivity contribution in [2.45, 2.75) is 87.4 Å². The monoisotopic (exact) mass is 927 g/mol. The number of nitrogens with one attached hydrogen (secondary N) is 7. The van der Waals surface area contributed by atoms with Crippen molar-refractivity contribution in [1.29, 1.82) is 0 Å². The van der Waals surface area contributed by atoms with Gasteiger partial charge in [0, 0.05) is 97.3 Å². The molecule has 3 aliphatic heterocycles. The number of fused-ring (bicyclic) bond motifs is 5. The first kappa shape index (κ1) is 44.8. The fraction of sp³-hybridized carbons (Fsp3) is 0.288. The number of H-pyrrole nitrogens is 3. The number of para-hydroxylation sites is 2. The molecule has 2 fully saturated rings. The molecule has 0 saturated carbocycles. The molecular weight excluding hydrogens is 875 g/mol. The van der Waals surface area contributed by atoms with E-state index < -0.39 is 77.7 Å². The molecule has 10 rings (SSSR count). The van der Waals surface area contributed by atoms with Crippen LogP contribution in [0.4, 0.5) is 0 Å². The summed E-state index contributed by atoms with van der Waals surface area (Å²) in [6.07, 6.45) is 6.86. The van der Waals surface area contributed by atoms with Gasteiger partial charge in [-0.1, -0.05) is 91.0 Å². The Labute approximate surface area is 397 Å². The number of carbonyl (C=O) groups is 6. The number of amides is 6. The summed E-state index contributed by atoms with van der Waals surface area (Å²) in [5.41, 5.74) is 12.7. The molecule has 0 aliphatic carbocycles. The van der Waals surface area contributed by atoms with E-state index >= 15 is 19.2 Å². The van der Waals surface area contributed by atoms with Gasteiger partial charge < -0.3 is 51.8 Å². The Kier molecular flexibility index (Phi) is 12.5. The van der Waals surface area contributed by atoms with Crippen LogP contribution in [-0.4, -0.2) is 114 Å². The summed E-state index contributed by atoms with van der Waals surface area (Å²) in [4.78, 5) is 107. The molecule has 0 unspecified atom stereocenters. The third-order valence-corrected chi connectivity index (χ3v) is 13.7. The van der Waals surface area contributed by atoms with Crippen molar-refractivity contribution in [3.8, 4) is 0 Å². The van der Waals surface area contributed by atoms with E-state index in [0.717, 1.165) is 49.6 Å². The highest BCUT2D eigenvalue weighted by atomic mass is 16.2. The van der Waals surface area contributed by atoms with Gasteiger partial charge in [-0.2, -0.15) is 0 Å². The maximum atomic E-state index is 15.2. The van der Waals surface area contributed by atoms with E-state index in [1.54, 1.807) is 18.6 Å². The molecule has 0 radical (unpaired) electrons. The Bertz CT molecular complexity index is 3040. The quantitative estimate of drug-likeness (QED) is 0.112. The predicted octanol–water partition coefficient (Wildman–Crippen LogP) is 2.48. The molecular formula is C52H53N11O6. The van der Waals surface area contributed by atoms with Crippen molar-refractivity contribution >= 4 is 57.2 Å². The van der Waals surface area contributed by atoms with Crippen molar-refractivity contribution in [2.24, 2.45) is 5.73 Å². The standard InChI is InChI=1S/C52H53N11O6/c53-35-22-46-52(69)62-27-32-13-5-4-12-31(32)21-45(62)50(67)60-43(20-34-25-56-40-17-9-7-15-38(34)40)48(65)58-41(18-30-10-2-1-3-11-30)47(64)59-42(19-33-24-55-39-16-8-6-14-37(33)39)49(66)61-44(51(68)63(46)28-35)23-36-26-54-29-57-36/h1-17,24-26,29,35,41-46,55-56H,18-23,27-28,53H2,(H,54,57)(H,58,65)(H,59,64)(H,60,67)(H,61,66)/t35-,41+,42-,43-,44-,45-,46+/m0/s1. The minimum absolute atomic E-state index is 0.00528. The Morgan fingerprint density at radius 3 is 1.71 bits per heavy atom. The number of hydrogen-bond donors (Lipinski definition) is 8. The zero-order valence-electron chi connectivity index (χ0n) is 37.7. The molecule has 0 bridgehead atoms. The summed E-state index contributed by atoms with van der Waals surface area (Å²) in [6.45, 7) is 0.0682. The molecule has 3 aromatic heterocycles. The van der Waals surface area contributed by atoms with Gasteiger partial charge >= 0.3 is 0 Å². The lowest BCUT2D eigenvalue weighted by Crippen LogP contribution is -2.63. The van der Waals surface area contributed by atoms with Gasteiger partial charge in [-0.05, 0) is 46.4 Å². The first-order chi connectivity index (χ1) is 33.6. The second-order valence-electron chi connectivity index (χ2n) is 18.3. The summed E-state index contributed by atoms with van der Waals surface area (Å²) in [5.74, 6) is -3.59. The average molecular weight is 928 g/mol. The maximum absolute atomic E-state index is 15.2. The summed E-state index contributed by atoms with van der Waals surface area (Å²) in [7, 11) is 0. The minimum Gasteiger partial charge on any atom is -0.361 e. The second kappa shape index (κ2) is 19.3. The third-order valence-electron chi connectivity index (χ3n) is 13.7. The van der Waals surface area contributed by atoms with Gasteiger partial charge in [-0.3, -0.25) is 28.8 Å². The molecule has 17 heteroatoms. The number of carbonyl (C=O) groups excluding carboxylic acids is 6. The lowest BCUT2D eigenvalue weighted by atomic mass is 9.92. The first-order valence-corrected chi connectivity index (χ1v) is 23.3. The van der Waals surface area contributed by atoms with Gasteiger partial charge in [0.05, 0.1) is 6.33 Å². The summed E-state index contributed by atoms with van der Waals surface area (Å²) >= 11 is 0. The van der Waals surface area contributed by atoms with Crippen LogP contribution in [0.3, 0.4) is 0 Å². The molecule has 2 saturated heterocycles. The van der Waals surface area contributed by atoms with Gasteiger partial charge in [0.15, 0.2) is 0 Å². The number of nitrogens with two attached hydrogens (primary N) is 1. The zero-order valence-corrected chi connectivity index (χ0v) is 37.7. The number of nitrogens with zero attached hydrogens (tertiary/aromatic N) is 3. The Hall–Kier alpha value is -8.05. The highest BCUT2D eigenvalue weighted by Crippen LogP contribution is 2.29. The van der Waals surface area contributed by atoms with Crippen LogP contribution in [0.2, 0.25) is 0 Å². The predicted molar refractivity (Wildman–Crippen MR) is 257 cm³/mol. The highest BCUT2D eigenvalue weighted by molar-refractivity contribution is 5.99. The molecule has 0 spiro atoms. The lowest BCUT2D eigenvalue weighted by Gasteiger charge is -2.40. The van der Waals surface area contributed by atoms with Crippen molar-refractivity contribution in [2.75, 3.05) is 6.54 Å². The number of rotatable bonds is 8. The topological polar surface area (TPSA) is 243 Å². The SMILES string of the molecule is N[C@H]1C[C@@H]2C(=O)N3Cc4ccccc4C[C@H]3C(=O)N[C@@H](Cc3c[nH]c4ccccc34)C(=O)N[C@H](Cc3ccccc3)C(=O)N[C@@H](Cc3c[nH]c4ccccc34)C(=O)N[C@@H](Cc3cnc[nH]3)C(=O)N2C1. The number of benzene rings is 4. The molecule has 6 heterocycles. The van der Waals surface area contributed by atoms with E-state index in [0.29, 0.717) is 5.69 Å². The van der Waals surface area contributed by atoms with Crippen molar-refractivity contribution in [3.63, 3.8) is 0 Å². The maximum Gasteiger partial charge on any atom is 0.246 e. The third kappa shape index (κ3) is 9.45. The van der Waals surface area contributed by atoms with Gasteiger partial charge in [0.1, 0.15) is 36.3 Å². The van der Waals surface area contributed by atoms with Gasteiger partial charge in [0.2, 0.25) is 35.4 Å². The van der Waals surface area contributed by atoms with E-state index in [4.69, 9.17) is 5.73 Å². The number of imidazole rings is 1. The molecule has 69 heavy (non-hydrogen) atoms. The van der Waals surface area contributed by atoms with E-state index in [-0.39, 0.29) is 51.6 Å². The zero-order chi connectivity index (χ0) is 47.6. The van der Waals surface area contributed by atoms with Gasteiger partial charge in [-0.25, -0.2) is 4.98 Å². The largest absolute Gasteiger partial charge is 0.361 e. The van der Waals surface area contributed by atoms with Crippen LogP contribution in [0.15, 0.2) is 128 Å². The Morgan fingerprint density at radius 1 is 0.536 bits per heavy atom. The average Bonchev–Trinajstić information content (AvgIpc) is 4.20. The number of aromatic nitrogens is 4. The molecule has 3 aliphatic rings. The minimum atomic E-state index is -1.27. The first-order valence-electron chi connectivity index (χ1n) is 23.3. The van der Waals surface area contributed by atoms with Crippen LogP contribution in [0.25, 0.3) is 21.8 Å². The van der Waals surface area contributed by atoms with Crippen molar-refractivity contribution in [1.82, 2.24) is 51.0 Å². The van der Waals surface area contributed by atoms with Crippen LogP contribution >= 0.6 is 0 Å². The van der Waals surface area contributed by atoms with Gasteiger partial charge in [-0.15, -0.1) is 0 Å². The fourth-order valence-electron chi connectivity index (χ4n) is 10.1. The normalized spacial score (nSPS) is 23.9. The van der Waals surface area contributed by atoms with E-state index in [1.807, 2.05) is 103 Å². The van der Waals surface area contributed by atoms with Crippen LogP contribution < -0.4 is 27.0 Å². The Balaban J connectivity index is 1.08. The fourth-order valence-corrected chi connectivity index (χ4v) is 10.1. The highest BCUT2D eigenvalue weighted by Gasteiger charge is 2.47. The summed E-state index contributed by atoms with van der Waals surface area (Å²) < 4.78 is 0. The summed E-state index contributed by atoms with van der Waals surface area (Å²) in [6, 6.07) is 24.2. The van der Waals surface area contributed by atoms with Crippen molar-refractivity contribution < 1.29 is 28.8 Å². The summed E-state index contributed by atoms with van der Waals surface area (Å²) in [5, 5.41) is 13.6. The number of hydrogen-bond acceptors (Lipinski definition) is 8. The van der Waals surface area contributed by atoms with Gasteiger partial charge in [0.25, 0.3) is 0 Å². The molecule has 7 aromatic rings. The smallest absolute Gasteiger partial charge is 0.246 e. The second-order valence-corrected chi connectivity index (χ2v) is 18.3.